The molecule has 0 saturated heterocycles. The minimum absolute atomic E-state index is 0.00277. The molecule has 3 aromatic rings. The maximum atomic E-state index is 14.0. The van der Waals surface area contributed by atoms with Crippen LogP contribution in [0, 0.1) is 5.13 Å². The molecule has 3 rings (SSSR count). The molecule has 0 saturated carbocycles. The molecule has 0 aliphatic carbocycles. The molecule has 1 amide bonds. The van der Waals surface area contributed by atoms with Gasteiger partial charge < -0.3 is 0 Å². The average Bonchev–Trinajstić information content (AvgIpc) is 2.95. The third-order valence-electron chi connectivity index (χ3n) is 3.19. The highest BCUT2D eigenvalue weighted by atomic mass is 32.1. The van der Waals surface area contributed by atoms with E-state index in [1.54, 1.807) is 18.2 Å². The van der Waals surface area contributed by atoms with Gasteiger partial charge >= 0.3 is 6.18 Å². The lowest BCUT2D eigenvalue weighted by Crippen LogP contribution is -2.12. The number of hydrogen-bond acceptors (Lipinski definition) is 4. The lowest BCUT2D eigenvalue weighted by molar-refractivity contribution is -0.137. The Labute approximate surface area is 143 Å². The zero-order chi connectivity index (χ0) is 18.0. The highest BCUT2D eigenvalue weighted by Gasteiger charge is 2.30. The third kappa shape index (κ3) is 3.82. The van der Waals surface area contributed by atoms with Crippen LogP contribution in [0.25, 0.3) is 11.4 Å². The average molecular weight is 367 g/mol. The summed E-state index contributed by atoms with van der Waals surface area (Å²) in [5.74, 6) is -0.685. The van der Waals surface area contributed by atoms with Gasteiger partial charge in [-0.15, -0.1) is 0 Å². The van der Waals surface area contributed by atoms with E-state index in [-0.39, 0.29) is 16.4 Å². The molecule has 1 aromatic carbocycles. The van der Waals surface area contributed by atoms with Gasteiger partial charge in [-0.2, -0.15) is 17.6 Å². The maximum absolute atomic E-state index is 14.0. The van der Waals surface area contributed by atoms with E-state index in [9.17, 15) is 22.4 Å². The Morgan fingerprint density at radius 3 is 2.40 bits per heavy atom. The number of carbonyl (C=O) groups excluding carboxylic acids is 1. The normalized spacial score (nSPS) is 11.4. The van der Waals surface area contributed by atoms with E-state index in [2.05, 4.69) is 15.3 Å². The first-order chi connectivity index (χ1) is 11.8. The Bertz CT molecular complexity index is 892. The highest BCUT2D eigenvalue weighted by molar-refractivity contribution is 7.14. The van der Waals surface area contributed by atoms with Gasteiger partial charge in [-0.1, -0.05) is 17.4 Å². The predicted octanol–water partition coefficient (Wildman–Crippen LogP) is 4.62. The molecule has 9 heteroatoms. The lowest BCUT2D eigenvalue weighted by Gasteiger charge is -2.07. The van der Waals surface area contributed by atoms with E-state index >= 15 is 0 Å². The number of hydrogen-bond donors (Lipinski definition) is 1. The molecule has 1 N–H and O–H groups in total. The van der Waals surface area contributed by atoms with Crippen LogP contribution < -0.4 is 5.32 Å². The van der Waals surface area contributed by atoms with Crippen LogP contribution in [0.1, 0.15) is 15.9 Å². The predicted molar refractivity (Wildman–Crippen MR) is 84.7 cm³/mol. The molecule has 0 radical (unpaired) electrons. The number of pyridine rings is 1. The Kier molecular flexibility index (Phi) is 4.49. The number of aromatic nitrogens is 2. The van der Waals surface area contributed by atoms with Gasteiger partial charge in [-0.3, -0.25) is 15.1 Å². The molecule has 128 valence electrons. The van der Waals surface area contributed by atoms with Crippen molar-refractivity contribution in [2.75, 3.05) is 5.32 Å². The van der Waals surface area contributed by atoms with Crippen molar-refractivity contribution in [2.24, 2.45) is 0 Å². The molecular weight excluding hydrogens is 358 g/mol. The smallest absolute Gasteiger partial charge is 0.298 e. The van der Waals surface area contributed by atoms with Crippen LogP contribution in [0.3, 0.4) is 0 Å². The quantitative estimate of drug-likeness (QED) is 0.688. The van der Waals surface area contributed by atoms with Crippen LogP contribution in [0.15, 0.2) is 48.7 Å². The monoisotopic (exact) mass is 367 g/mol. The van der Waals surface area contributed by atoms with Crippen molar-refractivity contribution in [3.63, 3.8) is 0 Å². The molecular formula is C16H9F4N3OS. The van der Waals surface area contributed by atoms with Gasteiger partial charge in [0.25, 0.3) is 5.91 Å². The first-order valence-corrected chi connectivity index (χ1v) is 7.72. The van der Waals surface area contributed by atoms with Gasteiger partial charge in [0.1, 0.15) is 5.69 Å². The molecule has 25 heavy (non-hydrogen) atoms. The van der Waals surface area contributed by atoms with E-state index in [1.165, 1.54) is 6.20 Å². The summed E-state index contributed by atoms with van der Waals surface area (Å²) in [4.78, 5) is 20.0. The fourth-order valence-corrected chi connectivity index (χ4v) is 2.69. The summed E-state index contributed by atoms with van der Waals surface area (Å²) in [5, 5.41) is 1.73. The molecule has 0 aliphatic rings. The van der Waals surface area contributed by atoms with Crippen LogP contribution in [0.2, 0.25) is 0 Å². The number of thiazole rings is 1. The summed E-state index contributed by atoms with van der Waals surface area (Å²) in [7, 11) is 0. The second-order valence-electron chi connectivity index (χ2n) is 4.89. The number of halogens is 4. The number of benzene rings is 1. The number of nitrogens with one attached hydrogen (secondary N) is 1. The Morgan fingerprint density at radius 1 is 1.08 bits per heavy atom. The second-order valence-corrected chi connectivity index (χ2v) is 5.83. The van der Waals surface area contributed by atoms with Gasteiger partial charge in [0.05, 0.1) is 11.3 Å². The molecule has 0 atom stereocenters. The fraction of sp³-hybridized carbons (Fsp3) is 0.0625. The first kappa shape index (κ1) is 17.0. The maximum Gasteiger partial charge on any atom is 0.416 e. The van der Waals surface area contributed by atoms with Gasteiger partial charge in [-0.05, 0) is 36.4 Å². The molecule has 0 fully saturated rings. The number of rotatable bonds is 3. The van der Waals surface area contributed by atoms with Crippen LogP contribution in [0.5, 0.6) is 0 Å². The summed E-state index contributed by atoms with van der Waals surface area (Å²) < 4.78 is 51.5. The van der Waals surface area contributed by atoms with Crippen molar-refractivity contribution in [1.82, 2.24) is 9.97 Å². The summed E-state index contributed by atoms with van der Waals surface area (Å²) in [6.45, 7) is 0. The summed E-state index contributed by atoms with van der Waals surface area (Å²) in [6.07, 6.45) is -3.00. The zero-order valence-electron chi connectivity index (χ0n) is 12.3. The van der Waals surface area contributed by atoms with Crippen molar-refractivity contribution in [1.29, 1.82) is 0 Å². The largest absolute Gasteiger partial charge is 0.416 e. The van der Waals surface area contributed by atoms with Gasteiger partial charge in [0.15, 0.2) is 5.13 Å². The number of carbonyl (C=O) groups is 1. The number of amides is 1. The van der Waals surface area contributed by atoms with Crippen LogP contribution in [-0.4, -0.2) is 15.9 Å². The summed E-state index contributed by atoms with van der Waals surface area (Å²) >= 11 is 0.610. The van der Waals surface area contributed by atoms with E-state index in [0.29, 0.717) is 17.0 Å². The van der Waals surface area contributed by atoms with Gasteiger partial charge in [0.2, 0.25) is 5.13 Å². The fourth-order valence-electron chi connectivity index (χ4n) is 2.00. The number of alkyl halides is 3. The Balaban J connectivity index is 1.78. The first-order valence-electron chi connectivity index (χ1n) is 6.91. The molecule has 2 heterocycles. The van der Waals surface area contributed by atoms with Crippen LogP contribution in [0.4, 0.5) is 22.7 Å². The highest BCUT2D eigenvalue weighted by Crippen LogP contribution is 2.30. The molecule has 0 unspecified atom stereocenters. The standard InChI is InChI=1S/C16H9F4N3OS/c17-13-12(11-3-1-2-8-21-11)22-15(25-13)23-14(24)9-4-6-10(7-5-9)16(18,19)20/h1-8H,(H,22,23,24). The van der Waals surface area contributed by atoms with E-state index in [1.807, 2.05) is 0 Å². The molecule has 0 aliphatic heterocycles. The van der Waals surface area contributed by atoms with Crippen molar-refractivity contribution in [3.8, 4) is 11.4 Å². The van der Waals surface area contributed by atoms with E-state index in [0.717, 1.165) is 24.3 Å². The number of anilines is 1. The summed E-state index contributed by atoms with van der Waals surface area (Å²) in [6, 6.07) is 8.60. The van der Waals surface area contributed by atoms with Gasteiger partial charge in [-0.25, -0.2) is 4.98 Å². The minimum Gasteiger partial charge on any atom is -0.298 e. The molecule has 2 aromatic heterocycles. The minimum atomic E-state index is -4.48. The summed E-state index contributed by atoms with van der Waals surface area (Å²) in [5.41, 5.74) is -0.552. The Morgan fingerprint density at radius 2 is 1.80 bits per heavy atom. The molecule has 0 spiro atoms. The SMILES string of the molecule is O=C(Nc1nc(-c2ccccn2)c(F)s1)c1ccc(C(F)(F)F)cc1. The van der Waals surface area contributed by atoms with Gasteiger partial charge in [0, 0.05) is 11.8 Å². The van der Waals surface area contributed by atoms with Crippen molar-refractivity contribution in [2.45, 2.75) is 6.18 Å². The molecule has 4 nitrogen and oxygen atoms in total. The van der Waals surface area contributed by atoms with Crippen molar-refractivity contribution >= 4 is 22.4 Å². The number of nitrogens with zero attached hydrogens (tertiary/aromatic N) is 2. The van der Waals surface area contributed by atoms with Crippen LogP contribution in [-0.2, 0) is 6.18 Å². The van der Waals surface area contributed by atoms with Crippen molar-refractivity contribution in [3.05, 3.63) is 64.9 Å². The zero-order valence-corrected chi connectivity index (χ0v) is 13.2. The van der Waals surface area contributed by atoms with E-state index in [4.69, 9.17) is 0 Å². The van der Waals surface area contributed by atoms with E-state index < -0.39 is 22.8 Å². The third-order valence-corrected chi connectivity index (χ3v) is 3.95. The van der Waals surface area contributed by atoms with Crippen LogP contribution >= 0.6 is 11.3 Å². The second kappa shape index (κ2) is 6.60. The van der Waals surface area contributed by atoms with Crippen molar-refractivity contribution < 1.29 is 22.4 Å². The molecule has 0 bridgehead atoms. The Hall–Kier alpha value is -2.81. The topological polar surface area (TPSA) is 54.9 Å². The lowest BCUT2D eigenvalue weighted by atomic mass is 10.1.